The monoisotopic (exact) mass is 472 g/mol. The van der Waals surface area contributed by atoms with Crippen LogP contribution in [-0.4, -0.2) is 9.55 Å². The predicted octanol–water partition coefficient (Wildman–Crippen LogP) is 6.30. The molecule has 0 fully saturated rings. The van der Waals surface area contributed by atoms with Gasteiger partial charge in [-0.25, -0.2) is 9.78 Å². The molecule has 0 spiro atoms. The van der Waals surface area contributed by atoms with Gasteiger partial charge in [0, 0.05) is 23.8 Å². The molecule has 0 bridgehead atoms. The fraction of sp³-hybridized carbons (Fsp3) is 0.321. The lowest BCUT2D eigenvalue weighted by Crippen LogP contribution is -2.24. The van der Waals surface area contributed by atoms with Crippen molar-refractivity contribution in [3.05, 3.63) is 91.6 Å². The standard InChI is InChI=1S/C28H28N2O3S/c1-18-12-13-22-21(16-25(31)33-26(22)19(18)2)17-34-28-29-24-11-7-6-10-23(24)27(32)30(28)15-14-20-8-4-3-5-9-20/h6-8,10-13,16H,3-5,9,14-15,17H2,1-2H3. The lowest BCUT2D eigenvalue weighted by Gasteiger charge is -2.16. The lowest BCUT2D eigenvalue weighted by molar-refractivity contribution is 0.557. The number of benzene rings is 2. The molecule has 0 radical (unpaired) electrons. The van der Waals surface area contributed by atoms with E-state index in [1.165, 1.54) is 30.2 Å². The van der Waals surface area contributed by atoms with Crippen LogP contribution in [0, 0.1) is 13.8 Å². The maximum absolute atomic E-state index is 13.4. The largest absolute Gasteiger partial charge is 0.422 e. The maximum Gasteiger partial charge on any atom is 0.336 e. The number of aryl methyl sites for hydroxylation is 2. The Labute approximate surface area is 202 Å². The minimum Gasteiger partial charge on any atom is -0.422 e. The Morgan fingerprint density at radius 3 is 2.74 bits per heavy atom. The fourth-order valence-corrected chi connectivity index (χ4v) is 5.64. The summed E-state index contributed by atoms with van der Waals surface area (Å²) < 4.78 is 7.34. The van der Waals surface area contributed by atoms with Gasteiger partial charge in [-0.15, -0.1) is 0 Å². The van der Waals surface area contributed by atoms with E-state index in [-0.39, 0.29) is 11.2 Å². The Hall–Kier alpha value is -3.12. The van der Waals surface area contributed by atoms with Gasteiger partial charge in [-0.1, -0.05) is 47.7 Å². The molecule has 2 aromatic heterocycles. The van der Waals surface area contributed by atoms with Crippen molar-refractivity contribution in [1.29, 1.82) is 0 Å². The molecule has 174 valence electrons. The van der Waals surface area contributed by atoms with Crippen LogP contribution in [0.4, 0.5) is 0 Å². The number of nitrogens with zero attached hydrogens (tertiary/aromatic N) is 2. The molecule has 1 aliphatic carbocycles. The van der Waals surface area contributed by atoms with E-state index < -0.39 is 0 Å². The summed E-state index contributed by atoms with van der Waals surface area (Å²) in [5.74, 6) is 0.526. The van der Waals surface area contributed by atoms with Gasteiger partial charge in [0.1, 0.15) is 5.58 Å². The summed E-state index contributed by atoms with van der Waals surface area (Å²) in [6, 6.07) is 13.1. The van der Waals surface area contributed by atoms with Crippen LogP contribution in [0.15, 0.2) is 73.3 Å². The summed E-state index contributed by atoms with van der Waals surface area (Å²) in [4.78, 5) is 30.6. The van der Waals surface area contributed by atoms with Crippen molar-refractivity contribution in [2.45, 2.75) is 63.4 Å². The number of rotatable bonds is 6. The Balaban J connectivity index is 1.52. The van der Waals surface area contributed by atoms with Crippen molar-refractivity contribution in [2.75, 3.05) is 0 Å². The van der Waals surface area contributed by atoms with Crippen molar-refractivity contribution >= 4 is 33.6 Å². The average Bonchev–Trinajstić information content (AvgIpc) is 2.85. The summed E-state index contributed by atoms with van der Waals surface area (Å²) in [7, 11) is 0. The van der Waals surface area contributed by atoms with Crippen molar-refractivity contribution in [1.82, 2.24) is 9.55 Å². The van der Waals surface area contributed by atoms with E-state index in [0.717, 1.165) is 41.3 Å². The number of hydrogen-bond acceptors (Lipinski definition) is 5. The zero-order valence-electron chi connectivity index (χ0n) is 19.6. The molecule has 4 aromatic rings. The van der Waals surface area contributed by atoms with Crippen LogP contribution in [-0.2, 0) is 12.3 Å². The predicted molar refractivity (Wildman–Crippen MR) is 139 cm³/mol. The van der Waals surface area contributed by atoms with Crippen LogP contribution in [0.25, 0.3) is 21.9 Å². The molecule has 2 aromatic carbocycles. The van der Waals surface area contributed by atoms with E-state index in [4.69, 9.17) is 9.40 Å². The van der Waals surface area contributed by atoms with Crippen molar-refractivity contribution in [3.63, 3.8) is 0 Å². The molecule has 0 amide bonds. The number of para-hydroxylation sites is 1. The second-order valence-electron chi connectivity index (χ2n) is 8.99. The van der Waals surface area contributed by atoms with Gasteiger partial charge in [-0.3, -0.25) is 9.36 Å². The molecule has 5 rings (SSSR count). The second kappa shape index (κ2) is 9.63. The van der Waals surface area contributed by atoms with Crippen molar-refractivity contribution in [3.8, 4) is 0 Å². The summed E-state index contributed by atoms with van der Waals surface area (Å²) in [5.41, 5.74) is 5.36. The van der Waals surface area contributed by atoms with Crippen molar-refractivity contribution in [2.24, 2.45) is 0 Å². The van der Waals surface area contributed by atoms with Gasteiger partial charge in [-0.2, -0.15) is 0 Å². The van der Waals surface area contributed by atoms with Crippen LogP contribution in [0.2, 0.25) is 0 Å². The molecular weight excluding hydrogens is 444 g/mol. The third-order valence-corrected chi connectivity index (χ3v) is 7.77. The SMILES string of the molecule is Cc1ccc2c(CSc3nc4ccccc4c(=O)n3CCC3=CCCCC3)cc(=O)oc2c1C. The molecule has 5 nitrogen and oxygen atoms in total. The topological polar surface area (TPSA) is 65.1 Å². The van der Waals surface area contributed by atoms with Gasteiger partial charge in [0.15, 0.2) is 5.16 Å². The maximum atomic E-state index is 13.4. The molecule has 1 aliphatic rings. The molecule has 0 unspecified atom stereocenters. The highest BCUT2D eigenvalue weighted by molar-refractivity contribution is 7.98. The van der Waals surface area contributed by atoms with Gasteiger partial charge in [-0.05, 0) is 74.8 Å². The Morgan fingerprint density at radius 1 is 1.06 bits per heavy atom. The number of hydrogen-bond donors (Lipinski definition) is 0. The zero-order chi connectivity index (χ0) is 23.7. The molecular formula is C28H28N2O3S. The fourth-order valence-electron chi connectivity index (χ4n) is 4.63. The number of thioether (sulfide) groups is 1. The van der Waals surface area contributed by atoms with E-state index in [2.05, 4.69) is 6.08 Å². The summed E-state index contributed by atoms with van der Waals surface area (Å²) in [6.45, 7) is 4.59. The molecule has 0 N–H and O–H groups in total. The Kier molecular flexibility index (Phi) is 6.42. The quantitative estimate of drug-likeness (QED) is 0.143. The third-order valence-electron chi connectivity index (χ3n) is 6.74. The molecule has 6 heteroatoms. The van der Waals surface area contributed by atoms with E-state index in [9.17, 15) is 9.59 Å². The highest BCUT2D eigenvalue weighted by atomic mass is 32.2. The average molecular weight is 473 g/mol. The van der Waals surface area contributed by atoms with E-state index >= 15 is 0 Å². The normalized spacial score (nSPS) is 14.0. The molecule has 0 saturated heterocycles. The van der Waals surface area contributed by atoms with Gasteiger partial charge in [0.05, 0.1) is 10.9 Å². The van der Waals surface area contributed by atoms with Gasteiger partial charge in [0.25, 0.3) is 5.56 Å². The minimum absolute atomic E-state index is 0.00610. The first-order chi connectivity index (χ1) is 16.5. The second-order valence-corrected chi connectivity index (χ2v) is 9.93. The first-order valence-corrected chi connectivity index (χ1v) is 12.8. The molecule has 0 saturated carbocycles. The molecule has 2 heterocycles. The molecule has 34 heavy (non-hydrogen) atoms. The van der Waals surface area contributed by atoms with Gasteiger partial charge in [0.2, 0.25) is 0 Å². The van der Waals surface area contributed by atoms with Crippen molar-refractivity contribution < 1.29 is 4.42 Å². The minimum atomic E-state index is -0.357. The number of aromatic nitrogens is 2. The summed E-state index contributed by atoms with van der Waals surface area (Å²) in [5, 5.41) is 2.25. The van der Waals surface area contributed by atoms with Crippen LogP contribution in [0.3, 0.4) is 0 Å². The van der Waals surface area contributed by atoms with Crippen LogP contribution < -0.4 is 11.2 Å². The summed E-state index contributed by atoms with van der Waals surface area (Å²) >= 11 is 1.50. The smallest absolute Gasteiger partial charge is 0.336 e. The van der Waals surface area contributed by atoms with E-state index in [1.54, 1.807) is 6.07 Å². The van der Waals surface area contributed by atoms with Crippen LogP contribution in [0.1, 0.15) is 48.8 Å². The highest BCUT2D eigenvalue weighted by Gasteiger charge is 2.15. The lowest BCUT2D eigenvalue weighted by atomic mass is 9.97. The van der Waals surface area contributed by atoms with Crippen LogP contribution >= 0.6 is 11.8 Å². The highest BCUT2D eigenvalue weighted by Crippen LogP contribution is 2.29. The van der Waals surface area contributed by atoms with E-state index in [0.29, 0.717) is 33.9 Å². The first-order valence-electron chi connectivity index (χ1n) is 11.8. The third kappa shape index (κ3) is 4.47. The first kappa shape index (κ1) is 22.7. The van der Waals surface area contributed by atoms with E-state index in [1.807, 2.05) is 54.8 Å². The van der Waals surface area contributed by atoms with Gasteiger partial charge >= 0.3 is 5.63 Å². The summed E-state index contributed by atoms with van der Waals surface area (Å²) in [6.07, 6.45) is 7.91. The Morgan fingerprint density at radius 2 is 1.91 bits per heavy atom. The van der Waals surface area contributed by atoms with Crippen LogP contribution in [0.5, 0.6) is 0 Å². The number of allylic oxidation sites excluding steroid dienone is 2. The zero-order valence-corrected chi connectivity index (χ0v) is 20.4. The number of fused-ring (bicyclic) bond motifs is 2. The van der Waals surface area contributed by atoms with Gasteiger partial charge < -0.3 is 4.42 Å². The Bertz CT molecular complexity index is 1530. The molecule has 0 aliphatic heterocycles. The molecule has 0 atom stereocenters.